The number of rotatable bonds is 3. The van der Waals surface area contributed by atoms with Crippen LogP contribution in [0.2, 0.25) is 0 Å². The number of allylic oxidation sites excluding steroid dienone is 1. The summed E-state index contributed by atoms with van der Waals surface area (Å²) in [7, 11) is 0. The van der Waals surface area contributed by atoms with Gasteiger partial charge in [0.05, 0.1) is 0 Å². The molecule has 3 aliphatic rings. The third kappa shape index (κ3) is 2.72. The first kappa shape index (κ1) is 18.4. The summed E-state index contributed by atoms with van der Waals surface area (Å²) in [6, 6.07) is 3.39. The monoisotopic (exact) mass is 403 g/mol. The molecule has 0 aromatic heterocycles. The molecular weight excluding hydrogens is 386 g/mol. The average Bonchev–Trinajstić information content (AvgIpc) is 3.03. The molecule has 2 saturated heterocycles. The molecule has 2 amide bonds. The van der Waals surface area contributed by atoms with Gasteiger partial charge in [-0.05, 0) is 30.2 Å². The number of anilines is 1. The number of thioether (sulfide) groups is 1. The molecule has 0 unspecified atom stereocenters. The second kappa shape index (κ2) is 6.57. The van der Waals surface area contributed by atoms with E-state index in [9.17, 15) is 29.7 Å². The number of hydrogen-bond donors (Lipinski definition) is 4. The molecule has 9 nitrogen and oxygen atoms in total. The highest BCUT2D eigenvalue weighted by Gasteiger charge is 2.51. The predicted octanol–water partition coefficient (Wildman–Crippen LogP) is 0.342. The molecule has 2 atom stereocenters. The minimum absolute atomic E-state index is 0.128. The molecule has 3 aliphatic heterocycles. The fourth-order valence-electron chi connectivity index (χ4n) is 3.54. The number of phenols is 2. The summed E-state index contributed by atoms with van der Waals surface area (Å²) in [5.74, 6) is -2.27. The smallest absolute Gasteiger partial charge is 0.352 e. The van der Waals surface area contributed by atoms with Crippen LogP contribution in [0.3, 0.4) is 0 Å². The highest BCUT2D eigenvalue weighted by atomic mass is 32.2. The minimum atomic E-state index is -1.23. The number of benzene rings is 1. The summed E-state index contributed by atoms with van der Waals surface area (Å²) < 4.78 is 0. The first-order chi connectivity index (χ1) is 13.3. The van der Waals surface area contributed by atoms with Gasteiger partial charge in [-0.15, -0.1) is 11.8 Å². The molecule has 0 bridgehead atoms. The quantitative estimate of drug-likeness (QED) is 0.321. The first-order valence-corrected chi connectivity index (χ1v) is 9.55. The van der Waals surface area contributed by atoms with Crippen molar-refractivity contribution in [3.8, 4) is 11.5 Å². The van der Waals surface area contributed by atoms with Crippen LogP contribution >= 0.6 is 11.8 Å². The Labute approximate surface area is 163 Å². The molecule has 1 aromatic rings. The molecule has 3 heterocycles. The molecule has 146 valence electrons. The van der Waals surface area contributed by atoms with Gasteiger partial charge in [-0.2, -0.15) is 0 Å². The molecule has 0 aliphatic carbocycles. The van der Waals surface area contributed by atoms with E-state index in [0.29, 0.717) is 35.6 Å². The summed E-state index contributed by atoms with van der Waals surface area (Å²) in [4.78, 5) is 39.1. The van der Waals surface area contributed by atoms with Crippen molar-refractivity contribution >= 4 is 35.2 Å². The Bertz CT molecular complexity index is 972. The number of carbonyl (C=O) groups is 3. The van der Waals surface area contributed by atoms with Crippen LogP contribution in [0.15, 0.2) is 41.1 Å². The maximum atomic E-state index is 12.8. The number of nitrogens with zero attached hydrogens (tertiary/aromatic N) is 2. The maximum Gasteiger partial charge on any atom is 0.352 e. The number of β-lactam (4-membered cyclic amide) rings is 1. The van der Waals surface area contributed by atoms with E-state index in [-0.39, 0.29) is 23.1 Å². The highest BCUT2D eigenvalue weighted by Crippen LogP contribution is 2.40. The summed E-state index contributed by atoms with van der Waals surface area (Å²) in [5.41, 5.74) is 6.84. The fourth-order valence-corrected chi connectivity index (χ4v) is 4.79. The third-order valence-electron chi connectivity index (χ3n) is 4.99. The first-order valence-electron chi connectivity index (χ1n) is 8.50. The van der Waals surface area contributed by atoms with Crippen molar-refractivity contribution in [1.82, 2.24) is 4.90 Å². The van der Waals surface area contributed by atoms with E-state index in [1.165, 1.54) is 45.8 Å². The number of fused-ring (bicyclic) bond motifs is 1. The van der Waals surface area contributed by atoms with Gasteiger partial charge in [-0.3, -0.25) is 14.5 Å². The lowest BCUT2D eigenvalue weighted by Gasteiger charge is -2.47. The summed E-state index contributed by atoms with van der Waals surface area (Å²) in [6.07, 6.45) is 1.92. The van der Waals surface area contributed by atoms with Crippen LogP contribution in [0.5, 0.6) is 11.5 Å². The minimum Gasteiger partial charge on any atom is -0.504 e. The zero-order chi connectivity index (χ0) is 20.2. The van der Waals surface area contributed by atoms with Crippen LogP contribution < -0.4 is 10.6 Å². The Morgan fingerprint density at radius 2 is 2.00 bits per heavy atom. The topological polar surface area (TPSA) is 144 Å². The van der Waals surface area contributed by atoms with Crippen LogP contribution in [0.1, 0.15) is 6.42 Å². The van der Waals surface area contributed by atoms with E-state index in [1.54, 1.807) is 0 Å². The van der Waals surface area contributed by atoms with Gasteiger partial charge >= 0.3 is 5.97 Å². The molecule has 0 spiro atoms. The SMILES string of the molecule is N[C@@H]1C(=O)N2C(C(=O)O)=C(C=C3CCN(c4ccc(O)c(O)c4)C3=O)CS[C@H]12. The summed E-state index contributed by atoms with van der Waals surface area (Å²) >= 11 is 1.37. The van der Waals surface area contributed by atoms with Gasteiger partial charge in [0.25, 0.3) is 5.91 Å². The zero-order valence-electron chi connectivity index (χ0n) is 14.5. The Morgan fingerprint density at radius 1 is 1.25 bits per heavy atom. The normalized spacial score (nSPS) is 26.0. The second-order valence-corrected chi connectivity index (χ2v) is 7.77. The molecule has 4 rings (SSSR count). The second-order valence-electron chi connectivity index (χ2n) is 6.66. The molecule has 1 aromatic carbocycles. The van der Waals surface area contributed by atoms with Crippen molar-refractivity contribution < 1.29 is 29.7 Å². The van der Waals surface area contributed by atoms with Gasteiger partial charge in [-0.25, -0.2) is 4.79 Å². The fraction of sp³-hybridized carbons (Fsp3) is 0.278. The van der Waals surface area contributed by atoms with Gasteiger partial charge in [0, 0.05) is 29.6 Å². The zero-order valence-corrected chi connectivity index (χ0v) is 15.3. The van der Waals surface area contributed by atoms with Crippen LogP contribution in [0.4, 0.5) is 5.69 Å². The molecule has 5 N–H and O–H groups in total. The van der Waals surface area contributed by atoms with Crippen LogP contribution in [0, 0.1) is 0 Å². The number of amides is 2. The molecular formula is C18H17N3O6S. The van der Waals surface area contributed by atoms with E-state index in [4.69, 9.17) is 5.73 Å². The number of phenolic OH excluding ortho intramolecular Hbond substituents is 2. The Balaban J connectivity index is 1.65. The number of nitrogens with two attached hydrogens (primary N) is 1. The van der Waals surface area contributed by atoms with Gasteiger partial charge < -0.3 is 26.0 Å². The molecule has 2 fully saturated rings. The number of carboxylic acids is 1. The lowest BCUT2D eigenvalue weighted by Crippen LogP contribution is -2.68. The predicted molar refractivity (Wildman–Crippen MR) is 101 cm³/mol. The van der Waals surface area contributed by atoms with E-state index in [2.05, 4.69) is 0 Å². The largest absolute Gasteiger partial charge is 0.504 e. The summed E-state index contributed by atoms with van der Waals surface area (Å²) in [5, 5.41) is 28.3. The van der Waals surface area contributed by atoms with Crippen molar-refractivity contribution in [2.45, 2.75) is 17.8 Å². The molecule has 0 radical (unpaired) electrons. The lowest BCUT2D eigenvalue weighted by molar-refractivity contribution is -0.147. The highest BCUT2D eigenvalue weighted by molar-refractivity contribution is 8.00. The van der Waals surface area contributed by atoms with Crippen LogP contribution in [-0.2, 0) is 14.4 Å². The summed E-state index contributed by atoms with van der Waals surface area (Å²) in [6.45, 7) is 0.355. The Hall–Kier alpha value is -2.98. The average molecular weight is 403 g/mol. The van der Waals surface area contributed by atoms with E-state index >= 15 is 0 Å². The van der Waals surface area contributed by atoms with Gasteiger partial charge in [0.2, 0.25) is 5.91 Å². The third-order valence-corrected chi connectivity index (χ3v) is 6.31. The van der Waals surface area contributed by atoms with Crippen molar-refractivity contribution in [3.63, 3.8) is 0 Å². The van der Waals surface area contributed by atoms with E-state index in [1.807, 2.05) is 0 Å². The van der Waals surface area contributed by atoms with Crippen molar-refractivity contribution in [3.05, 3.63) is 41.1 Å². The number of aliphatic carboxylic acids is 1. The number of carboxylic acid groups (broad SMARTS) is 1. The lowest BCUT2D eigenvalue weighted by atomic mass is 10.0. The molecule has 10 heteroatoms. The molecule has 28 heavy (non-hydrogen) atoms. The Morgan fingerprint density at radius 3 is 2.68 bits per heavy atom. The van der Waals surface area contributed by atoms with Crippen LogP contribution in [0.25, 0.3) is 0 Å². The van der Waals surface area contributed by atoms with E-state index in [0.717, 1.165) is 0 Å². The van der Waals surface area contributed by atoms with Crippen molar-refractivity contribution in [2.75, 3.05) is 17.2 Å². The number of hydrogen-bond acceptors (Lipinski definition) is 7. The standard InChI is InChI=1S/C18H17N3O6S/c19-13-16(25)21-14(18(26)27)9(7-28-17(13)21)5-8-3-4-20(15(8)24)10-1-2-11(22)12(23)6-10/h1-2,5-6,13,17,22-23H,3-4,7,19H2,(H,26,27)/t13-,17-/m1/s1. The maximum absolute atomic E-state index is 12.8. The van der Waals surface area contributed by atoms with Gasteiger partial charge in [0.15, 0.2) is 11.5 Å². The van der Waals surface area contributed by atoms with Crippen LogP contribution in [-0.4, -0.2) is 61.7 Å². The number of aromatic hydroxyl groups is 2. The van der Waals surface area contributed by atoms with Gasteiger partial charge in [-0.1, -0.05) is 0 Å². The molecule has 0 saturated carbocycles. The Kier molecular flexibility index (Phi) is 4.31. The number of carbonyl (C=O) groups excluding carboxylic acids is 2. The van der Waals surface area contributed by atoms with Crippen molar-refractivity contribution in [1.29, 1.82) is 0 Å². The van der Waals surface area contributed by atoms with Crippen molar-refractivity contribution in [2.24, 2.45) is 5.73 Å². The van der Waals surface area contributed by atoms with Gasteiger partial charge in [0.1, 0.15) is 17.1 Å². The van der Waals surface area contributed by atoms with E-state index < -0.39 is 23.3 Å².